The first-order valence-electron chi connectivity index (χ1n) is 11.0. The van der Waals surface area contributed by atoms with E-state index < -0.39 is 0 Å². The zero-order valence-corrected chi connectivity index (χ0v) is 17.5. The lowest BCUT2D eigenvalue weighted by Gasteiger charge is -2.31. The highest BCUT2D eigenvalue weighted by atomic mass is 16.5. The van der Waals surface area contributed by atoms with Crippen LogP contribution in [0, 0.1) is 12.8 Å². The summed E-state index contributed by atoms with van der Waals surface area (Å²) in [6, 6.07) is 8.30. The fourth-order valence-corrected chi connectivity index (χ4v) is 4.74. The first-order chi connectivity index (χ1) is 14.6. The molecule has 1 amide bonds. The smallest absolute Gasteiger partial charge is 0.237 e. The van der Waals surface area contributed by atoms with Crippen molar-refractivity contribution in [3.63, 3.8) is 0 Å². The van der Waals surface area contributed by atoms with Gasteiger partial charge in [-0.1, -0.05) is 23.4 Å². The quantitative estimate of drug-likeness (QED) is 0.650. The first-order valence-corrected chi connectivity index (χ1v) is 11.0. The number of nitrogens with zero attached hydrogens (tertiary/aromatic N) is 4. The summed E-state index contributed by atoms with van der Waals surface area (Å²) < 4.78 is 7.46. The number of para-hydroxylation sites is 1. The molecule has 1 aromatic carbocycles. The van der Waals surface area contributed by atoms with Gasteiger partial charge in [-0.3, -0.25) is 9.69 Å². The van der Waals surface area contributed by atoms with Crippen LogP contribution in [0.4, 0.5) is 0 Å². The predicted molar refractivity (Wildman–Crippen MR) is 114 cm³/mol. The maximum Gasteiger partial charge on any atom is 0.237 e. The predicted octanol–water partition coefficient (Wildman–Crippen LogP) is 3.15. The minimum Gasteiger partial charge on any atom is -0.368 e. The van der Waals surface area contributed by atoms with Gasteiger partial charge in [-0.25, -0.2) is 0 Å². The highest BCUT2D eigenvalue weighted by Gasteiger charge is 2.30. The highest BCUT2D eigenvalue weighted by Crippen LogP contribution is 2.39. The maximum absolute atomic E-state index is 11.6. The number of aromatic nitrogens is 3. The fraction of sp³-hybridized carbons (Fsp3) is 0.522. The molecule has 1 aliphatic carbocycles. The van der Waals surface area contributed by atoms with Crippen LogP contribution in [0.25, 0.3) is 10.9 Å². The van der Waals surface area contributed by atoms with Crippen LogP contribution in [0.1, 0.15) is 54.6 Å². The molecular formula is C23H29N5O2. The van der Waals surface area contributed by atoms with E-state index in [9.17, 15) is 4.79 Å². The Morgan fingerprint density at radius 3 is 2.70 bits per heavy atom. The Bertz CT molecular complexity index is 1060. The molecule has 2 fully saturated rings. The molecular weight excluding hydrogens is 378 g/mol. The number of carbonyl (C=O) groups excluding carboxylic acids is 1. The van der Waals surface area contributed by atoms with E-state index in [0.29, 0.717) is 11.8 Å². The molecule has 0 atom stereocenters. The zero-order chi connectivity index (χ0) is 20.7. The number of nitrogens with two attached hydrogens (primary N) is 1. The second-order valence-corrected chi connectivity index (χ2v) is 8.88. The first kappa shape index (κ1) is 19.3. The molecule has 7 heteroatoms. The molecule has 2 N–H and O–H groups in total. The standard InChI is InChI=1S/C23H29N5O2/c1-15-19(18-4-2-3-5-20(18)28(15)14-21(24)29)13-27-10-8-16(9-11-27)12-22-25-23(30-26-22)17-6-7-17/h2-5,16-17H,6-14H2,1H3,(H2,24,29). The average Bonchev–Trinajstić information content (AvgIpc) is 3.44. The van der Waals surface area contributed by atoms with Crippen molar-refractivity contribution < 1.29 is 9.32 Å². The topological polar surface area (TPSA) is 90.2 Å². The number of piperidine rings is 1. The van der Waals surface area contributed by atoms with Gasteiger partial charge in [-0.05, 0) is 63.2 Å². The zero-order valence-electron chi connectivity index (χ0n) is 17.5. The molecule has 7 nitrogen and oxygen atoms in total. The Hall–Kier alpha value is -2.67. The minimum absolute atomic E-state index is 0.224. The number of hydrogen-bond donors (Lipinski definition) is 1. The molecule has 3 heterocycles. The van der Waals surface area contributed by atoms with Crippen LogP contribution in [-0.4, -0.2) is 38.6 Å². The number of amides is 1. The summed E-state index contributed by atoms with van der Waals surface area (Å²) in [7, 11) is 0. The van der Waals surface area contributed by atoms with Gasteiger partial charge in [0.15, 0.2) is 5.82 Å². The molecule has 0 unspecified atom stereocenters. The Morgan fingerprint density at radius 1 is 1.20 bits per heavy atom. The number of benzene rings is 1. The lowest BCUT2D eigenvalue weighted by atomic mass is 9.93. The Balaban J connectivity index is 1.24. The van der Waals surface area contributed by atoms with Gasteiger partial charge >= 0.3 is 0 Å². The summed E-state index contributed by atoms with van der Waals surface area (Å²) in [5.74, 6) is 2.54. The van der Waals surface area contributed by atoms with E-state index in [0.717, 1.165) is 61.8 Å². The minimum atomic E-state index is -0.308. The second kappa shape index (κ2) is 7.87. The van der Waals surface area contributed by atoms with E-state index in [-0.39, 0.29) is 12.5 Å². The van der Waals surface area contributed by atoms with Crippen molar-refractivity contribution in [3.8, 4) is 0 Å². The lowest BCUT2D eigenvalue weighted by molar-refractivity contribution is -0.118. The average molecular weight is 408 g/mol. The Labute approximate surface area is 176 Å². The molecule has 0 radical (unpaired) electrons. The molecule has 158 valence electrons. The van der Waals surface area contributed by atoms with Gasteiger partial charge < -0.3 is 14.8 Å². The van der Waals surface area contributed by atoms with Crippen molar-refractivity contribution in [2.75, 3.05) is 13.1 Å². The van der Waals surface area contributed by atoms with E-state index >= 15 is 0 Å². The largest absolute Gasteiger partial charge is 0.368 e. The van der Waals surface area contributed by atoms with Crippen LogP contribution in [0.5, 0.6) is 0 Å². The van der Waals surface area contributed by atoms with E-state index in [1.54, 1.807) is 0 Å². The summed E-state index contributed by atoms with van der Waals surface area (Å²) in [5, 5.41) is 5.41. The van der Waals surface area contributed by atoms with Gasteiger partial charge in [0.2, 0.25) is 11.8 Å². The molecule has 30 heavy (non-hydrogen) atoms. The number of fused-ring (bicyclic) bond motifs is 1. The van der Waals surface area contributed by atoms with Crippen LogP contribution in [-0.2, 0) is 24.3 Å². The van der Waals surface area contributed by atoms with Crippen molar-refractivity contribution in [2.24, 2.45) is 11.7 Å². The van der Waals surface area contributed by atoms with Crippen molar-refractivity contribution in [1.82, 2.24) is 19.6 Å². The molecule has 1 aliphatic heterocycles. The van der Waals surface area contributed by atoms with Gasteiger partial charge in [-0.15, -0.1) is 0 Å². The summed E-state index contributed by atoms with van der Waals surface area (Å²) in [5.41, 5.74) is 9.02. The van der Waals surface area contributed by atoms with E-state index in [4.69, 9.17) is 10.3 Å². The summed E-state index contributed by atoms with van der Waals surface area (Å²) in [6.07, 6.45) is 5.59. The van der Waals surface area contributed by atoms with Crippen molar-refractivity contribution in [2.45, 2.75) is 58.0 Å². The van der Waals surface area contributed by atoms with Crippen molar-refractivity contribution >= 4 is 16.8 Å². The number of primary amides is 1. The number of hydrogen-bond acceptors (Lipinski definition) is 5. The van der Waals surface area contributed by atoms with E-state index in [1.807, 2.05) is 10.6 Å². The van der Waals surface area contributed by atoms with E-state index in [1.165, 1.54) is 23.8 Å². The summed E-state index contributed by atoms with van der Waals surface area (Å²) in [6.45, 7) is 5.35. The van der Waals surface area contributed by atoms with Crippen LogP contribution in [0.15, 0.2) is 28.8 Å². The molecule has 1 saturated heterocycles. The number of likely N-dealkylation sites (tertiary alicyclic amines) is 1. The lowest BCUT2D eigenvalue weighted by Crippen LogP contribution is -2.34. The molecule has 2 aliphatic rings. The third-order valence-corrected chi connectivity index (χ3v) is 6.65. The summed E-state index contributed by atoms with van der Waals surface area (Å²) >= 11 is 0. The maximum atomic E-state index is 11.6. The second-order valence-electron chi connectivity index (χ2n) is 8.88. The Kier molecular flexibility index (Phi) is 5.06. The molecule has 2 aromatic heterocycles. The van der Waals surface area contributed by atoms with E-state index in [2.05, 4.69) is 40.2 Å². The van der Waals surface area contributed by atoms with Gasteiger partial charge in [0.25, 0.3) is 0 Å². The van der Waals surface area contributed by atoms with Crippen molar-refractivity contribution in [3.05, 3.63) is 47.2 Å². The van der Waals surface area contributed by atoms with Crippen LogP contribution in [0.2, 0.25) is 0 Å². The van der Waals surface area contributed by atoms with Crippen LogP contribution >= 0.6 is 0 Å². The van der Waals surface area contributed by atoms with Gasteiger partial charge in [0.05, 0.1) is 0 Å². The summed E-state index contributed by atoms with van der Waals surface area (Å²) in [4.78, 5) is 18.7. The molecule has 1 saturated carbocycles. The highest BCUT2D eigenvalue weighted by molar-refractivity contribution is 5.87. The SMILES string of the molecule is Cc1c(CN2CCC(Cc3noc(C4CC4)n3)CC2)c2ccccc2n1CC(N)=O. The van der Waals surface area contributed by atoms with Gasteiger partial charge in [0.1, 0.15) is 6.54 Å². The third-order valence-electron chi connectivity index (χ3n) is 6.65. The molecule has 0 bridgehead atoms. The number of rotatable bonds is 7. The molecule has 3 aromatic rings. The third kappa shape index (κ3) is 3.86. The van der Waals surface area contributed by atoms with Gasteiger partial charge in [-0.2, -0.15) is 4.98 Å². The molecule has 5 rings (SSSR count). The van der Waals surface area contributed by atoms with Crippen LogP contribution < -0.4 is 5.73 Å². The monoisotopic (exact) mass is 407 g/mol. The number of carbonyl (C=O) groups is 1. The molecule has 0 spiro atoms. The normalized spacial score (nSPS) is 18.3. The Morgan fingerprint density at radius 2 is 1.97 bits per heavy atom. The van der Waals surface area contributed by atoms with Crippen molar-refractivity contribution in [1.29, 1.82) is 0 Å². The van der Waals surface area contributed by atoms with Gasteiger partial charge in [0, 0.05) is 35.5 Å². The van der Waals surface area contributed by atoms with Crippen LogP contribution in [0.3, 0.4) is 0 Å². The fourth-order valence-electron chi connectivity index (χ4n) is 4.74.